The Morgan fingerprint density at radius 3 is 2.67 bits per heavy atom. The summed E-state index contributed by atoms with van der Waals surface area (Å²) in [6.07, 6.45) is -2.71. The fourth-order valence-electron chi connectivity index (χ4n) is 0.683. The first kappa shape index (κ1) is 9.43. The Kier molecular flexibility index (Phi) is 2.65. The molecule has 0 aromatic carbocycles. The van der Waals surface area contributed by atoms with Gasteiger partial charge in [-0.15, -0.1) is 0 Å². The molecule has 1 rings (SSSR count). The number of alkyl halides is 2. The molecule has 0 bridgehead atoms. The van der Waals surface area contributed by atoms with Gasteiger partial charge in [0, 0.05) is 0 Å². The summed E-state index contributed by atoms with van der Waals surface area (Å²) in [5.41, 5.74) is 4.75. The predicted molar refractivity (Wildman–Crippen MR) is 48.0 cm³/mol. The lowest BCUT2D eigenvalue weighted by Gasteiger charge is -2.04. The number of rotatable bonds is 1. The van der Waals surface area contributed by atoms with Gasteiger partial charge in [0.2, 0.25) is 0 Å². The molecule has 0 unspecified atom stereocenters. The molecule has 0 aliphatic heterocycles. The van der Waals surface area contributed by atoms with Crippen molar-refractivity contribution in [3.63, 3.8) is 0 Å². The van der Waals surface area contributed by atoms with Crippen molar-refractivity contribution in [3.8, 4) is 5.75 Å². The highest BCUT2D eigenvalue weighted by Gasteiger charge is 2.14. The van der Waals surface area contributed by atoms with Gasteiger partial charge in [0.25, 0.3) is 6.43 Å². The Labute approximate surface area is 80.7 Å². The van der Waals surface area contributed by atoms with Crippen LogP contribution in [0.15, 0.2) is 6.07 Å². The summed E-state index contributed by atoms with van der Waals surface area (Å²) >= 11 is 1.70. The van der Waals surface area contributed by atoms with E-state index in [0.717, 1.165) is 6.07 Å². The topological polar surface area (TPSA) is 59.1 Å². The molecule has 6 heteroatoms. The van der Waals surface area contributed by atoms with Crippen LogP contribution in [0.5, 0.6) is 5.75 Å². The SMILES string of the molecule is Nc1nc(I)c(O)cc1C(F)F. The van der Waals surface area contributed by atoms with E-state index in [2.05, 4.69) is 4.98 Å². The lowest BCUT2D eigenvalue weighted by atomic mass is 10.2. The Morgan fingerprint density at radius 1 is 1.58 bits per heavy atom. The number of hydrogen-bond donors (Lipinski definition) is 2. The summed E-state index contributed by atoms with van der Waals surface area (Å²) in [5.74, 6) is -0.521. The number of halogens is 3. The predicted octanol–water partition coefficient (Wildman–Crippen LogP) is 1.91. The van der Waals surface area contributed by atoms with Gasteiger partial charge in [0.05, 0.1) is 5.56 Å². The minimum atomic E-state index is -2.71. The monoisotopic (exact) mass is 286 g/mol. The number of anilines is 1. The molecule has 3 N–H and O–H groups in total. The largest absolute Gasteiger partial charge is 0.505 e. The molecule has 1 heterocycles. The lowest BCUT2D eigenvalue weighted by Crippen LogP contribution is -1.99. The molecule has 0 saturated carbocycles. The van der Waals surface area contributed by atoms with E-state index in [4.69, 9.17) is 10.8 Å². The molecule has 0 fully saturated rings. The zero-order valence-electron chi connectivity index (χ0n) is 5.76. The maximum atomic E-state index is 12.1. The number of aromatic nitrogens is 1. The average Bonchev–Trinajstić information content (AvgIpc) is 1.96. The van der Waals surface area contributed by atoms with E-state index in [9.17, 15) is 8.78 Å². The van der Waals surface area contributed by atoms with Crippen molar-refractivity contribution >= 4 is 28.4 Å². The molecule has 12 heavy (non-hydrogen) atoms. The number of hydrogen-bond acceptors (Lipinski definition) is 3. The Bertz CT molecular complexity index is 306. The molecule has 0 atom stereocenters. The molecule has 0 aliphatic rings. The van der Waals surface area contributed by atoms with E-state index in [1.807, 2.05) is 0 Å². The van der Waals surface area contributed by atoms with Crippen LogP contribution in [0, 0.1) is 3.70 Å². The number of pyridine rings is 1. The van der Waals surface area contributed by atoms with Gasteiger partial charge in [-0.3, -0.25) is 0 Å². The minimum Gasteiger partial charge on any atom is -0.505 e. The van der Waals surface area contributed by atoms with Crippen LogP contribution >= 0.6 is 22.6 Å². The molecule has 3 nitrogen and oxygen atoms in total. The van der Waals surface area contributed by atoms with Gasteiger partial charge in [-0.05, 0) is 28.7 Å². The van der Waals surface area contributed by atoms with Gasteiger partial charge in [0.1, 0.15) is 15.3 Å². The van der Waals surface area contributed by atoms with Crippen LogP contribution in [0.4, 0.5) is 14.6 Å². The van der Waals surface area contributed by atoms with E-state index in [-0.39, 0.29) is 15.3 Å². The van der Waals surface area contributed by atoms with Crippen molar-refractivity contribution in [1.82, 2.24) is 4.98 Å². The molecular formula is C6H5F2IN2O. The normalized spacial score (nSPS) is 10.7. The van der Waals surface area contributed by atoms with E-state index >= 15 is 0 Å². The third-order valence-corrected chi connectivity index (χ3v) is 2.05. The fourth-order valence-corrected chi connectivity index (χ4v) is 1.10. The summed E-state index contributed by atoms with van der Waals surface area (Å²) < 4.78 is 24.4. The standard InChI is InChI=1S/C6H5F2IN2O/c7-4(8)2-1-3(12)5(9)11-6(2)10/h1,4,12H,(H2,10,11). The van der Waals surface area contributed by atoms with Crippen LogP contribution in [-0.4, -0.2) is 10.1 Å². The first-order chi connectivity index (χ1) is 5.52. The molecule has 0 saturated heterocycles. The Morgan fingerprint density at radius 2 is 2.17 bits per heavy atom. The maximum Gasteiger partial charge on any atom is 0.267 e. The second-order valence-corrected chi connectivity index (χ2v) is 3.10. The first-order valence-electron chi connectivity index (χ1n) is 2.95. The molecule has 0 radical (unpaired) electrons. The molecule has 0 spiro atoms. The third-order valence-electron chi connectivity index (χ3n) is 1.25. The zero-order valence-corrected chi connectivity index (χ0v) is 7.92. The number of nitrogen functional groups attached to an aromatic ring is 1. The van der Waals surface area contributed by atoms with Gasteiger partial charge in [0.15, 0.2) is 0 Å². The molecule has 66 valence electrons. The van der Waals surface area contributed by atoms with Crippen LogP contribution in [0.25, 0.3) is 0 Å². The first-order valence-corrected chi connectivity index (χ1v) is 4.03. The van der Waals surface area contributed by atoms with Crippen LogP contribution in [-0.2, 0) is 0 Å². The molecular weight excluding hydrogens is 281 g/mol. The van der Waals surface area contributed by atoms with E-state index in [1.54, 1.807) is 22.6 Å². The highest BCUT2D eigenvalue weighted by atomic mass is 127. The highest BCUT2D eigenvalue weighted by Crippen LogP contribution is 2.29. The van der Waals surface area contributed by atoms with Gasteiger partial charge >= 0.3 is 0 Å². The van der Waals surface area contributed by atoms with Gasteiger partial charge in [-0.2, -0.15) is 0 Å². The number of aromatic hydroxyl groups is 1. The highest BCUT2D eigenvalue weighted by molar-refractivity contribution is 14.1. The fraction of sp³-hybridized carbons (Fsp3) is 0.167. The van der Waals surface area contributed by atoms with Crippen LogP contribution < -0.4 is 5.73 Å². The third kappa shape index (κ3) is 1.74. The van der Waals surface area contributed by atoms with Crippen molar-refractivity contribution in [1.29, 1.82) is 0 Å². The van der Waals surface area contributed by atoms with Gasteiger partial charge in [-0.1, -0.05) is 0 Å². The second kappa shape index (κ2) is 3.38. The molecule has 1 aromatic heterocycles. The van der Waals surface area contributed by atoms with Crippen molar-refractivity contribution < 1.29 is 13.9 Å². The summed E-state index contributed by atoms with van der Waals surface area (Å²) in [5, 5.41) is 9.01. The second-order valence-electron chi connectivity index (χ2n) is 2.07. The van der Waals surface area contributed by atoms with Crippen LogP contribution in [0.1, 0.15) is 12.0 Å². The van der Waals surface area contributed by atoms with Crippen molar-refractivity contribution in [2.75, 3.05) is 5.73 Å². The summed E-state index contributed by atoms with van der Waals surface area (Å²) in [6.45, 7) is 0. The van der Waals surface area contributed by atoms with Gasteiger partial charge in [-0.25, -0.2) is 13.8 Å². The summed E-state index contributed by atoms with van der Waals surface area (Å²) in [4.78, 5) is 3.53. The molecule has 0 aliphatic carbocycles. The van der Waals surface area contributed by atoms with Crippen LogP contribution in [0.3, 0.4) is 0 Å². The smallest absolute Gasteiger partial charge is 0.267 e. The molecule has 0 amide bonds. The summed E-state index contributed by atoms with van der Waals surface area (Å²) in [6, 6.07) is 0.925. The quantitative estimate of drug-likeness (QED) is 0.612. The zero-order chi connectivity index (χ0) is 9.30. The van der Waals surface area contributed by atoms with Crippen molar-refractivity contribution in [2.24, 2.45) is 0 Å². The average molecular weight is 286 g/mol. The number of nitrogens with two attached hydrogens (primary N) is 1. The van der Waals surface area contributed by atoms with E-state index < -0.39 is 12.0 Å². The lowest BCUT2D eigenvalue weighted by molar-refractivity contribution is 0.151. The van der Waals surface area contributed by atoms with Gasteiger partial charge < -0.3 is 10.8 Å². The van der Waals surface area contributed by atoms with E-state index in [0.29, 0.717) is 0 Å². The minimum absolute atomic E-state index is 0.217. The summed E-state index contributed by atoms with van der Waals surface area (Å²) in [7, 11) is 0. The molecule has 1 aromatic rings. The van der Waals surface area contributed by atoms with Crippen molar-refractivity contribution in [2.45, 2.75) is 6.43 Å². The van der Waals surface area contributed by atoms with Crippen molar-refractivity contribution in [3.05, 3.63) is 15.3 Å². The van der Waals surface area contributed by atoms with Crippen LogP contribution in [0.2, 0.25) is 0 Å². The Balaban J connectivity index is 3.23. The Hall–Kier alpha value is -0.660. The number of nitrogens with zero attached hydrogens (tertiary/aromatic N) is 1. The maximum absolute atomic E-state index is 12.1. The van der Waals surface area contributed by atoms with E-state index in [1.165, 1.54) is 0 Å².